The molecule has 2 aromatic carbocycles. The lowest BCUT2D eigenvalue weighted by molar-refractivity contribution is 0.631. The molecule has 3 nitrogen and oxygen atoms in total. The van der Waals surface area contributed by atoms with E-state index in [1.54, 1.807) is 53.1 Å². The molecule has 0 radical (unpaired) electrons. The third-order valence-corrected chi connectivity index (χ3v) is 4.29. The number of hydrogen-bond acceptors (Lipinski definition) is 2. The van der Waals surface area contributed by atoms with Gasteiger partial charge >= 0.3 is 0 Å². The predicted molar refractivity (Wildman–Crippen MR) is 100 cm³/mol. The third kappa shape index (κ3) is 3.06. The number of anilines is 2. The lowest BCUT2D eigenvalue weighted by atomic mass is 10.1. The van der Waals surface area contributed by atoms with Crippen molar-refractivity contribution in [3.63, 3.8) is 0 Å². The maximum Gasteiger partial charge on any atom is 0.143 e. The molecule has 0 aliphatic rings. The van der Waals surface area contributed by atoms with E-state index < -0.39 is 0 Å². The molecule has 124 valence electrons. The van der Waals surface area contributed by atoms with Crippen LogP contribution in [0.2, 0.25) is 10.0 Å². The standard InChI is InChI=1S/C19H12Cl2FN3/c20-12-5-8-14(9-6-12)23-19-18(15-3-1-2-4-16(15)22)24-17-10-7-13(21)11-25(17)19/h1-11,23H. The van der Waals surface area contributed by atoms with Crippen molar-refractivity contribution >= 4 is 40.4 Å². The zero-order valence-electron chi connectivity index (χ0n) is 12.9. The van der Waals surface area contributed by atoms with Gasteiger partial charge in [0.05, 0.1) is 5.02 Å². The minimum atomic E-state index is -0.337. The molecule has 0 aliphatic heterocycles. The van der Waals surface area contributed by atoms with E-state index in [1.807, 2.05) is 12.1 Å². The Morgan fingerprint density at radius 1 is 0.880 bits per heavy atom. The molecule has 0 fully saturated rings. The molecule has 0 unspecified atom stereocenters. The molecule has 0 spiro atoms. The summed E-state index contributed by atoms with van der Waals surface area (Å²) in [5.41, 5.74) is 2.40. The highest BCUT2D eigenvalue weighted by Crippen LogP contribution is 2.33. The van der Waals surface area contributed by atoms with Crippen LogP contribution in [0.3, 0.4) is 0 Å². The number of aromatic nitrogens is 2. The van der Waals surface area contributed by atoms with Crippen molar-refractivity contribution in [2.24, 2.45) is 0 Å². The second-order valence-electron chi connectivity index (χ2n) is 5.50. The third-order valence-electron chi connectivity index (χ3n) is 3.82. The van der Waals surface area contributed by atoms with E-state index in [0.29, 0.717) is 32.8 Å². The van der Waals surface area contributed by atoms with Crippen LogP contribution in [-0.4, -0.2) is 9.38 Å². The summed E-state index contributed by atoms with van der Waals surface area (Å²) >= 11 is 12.1. The summed E-state index contributed by atoms with van der Waals surface area (Å²) in [6, 6.07) is 17.3. The molecule has 25 heavy (non-hydrogen) atoms. The Morgan fingerprint density at radius 3 is 2.36 bits per heavy atom. The summed E-state index contributed by atoms with van der Waals surface area (Å²) < 4.78 is 16.1. The Bertz CT molecular complexity index is 1060. The van der Waals surface area contributed by atoms with E-state index in [0.717, 1.165) is 5.69 Å². The van der Waals surface area contributed by atoms with Crippen LogP contribution in [0.1, 0.15) is 0 Å². The van der Waals surface area contributed by atoms with E-state index in [9.17, 15) is 4.39 Å². The molecule has 4 aromatic rings. The molecule has 0 bridgehead atoms. The monoisotopic (exact) mass is 371 g/mol. The number of hydrogen-bond donors (Lipinski definition) is 1. The van der Waals surface area contributed by atoms with Crippen LogP contribution < -0.4 is 5.32 Å². The first-order valence-corrected chi connectivity index (χ1v) is 8.32. The number of imidazole rings is 1. The molecule has 0 amide bonds. The number of nitrogens with one attached hydrogen (secondary N) is 1. The van der Waals surface area contributed by atoms with E-state index in [1.165, 1.54) is 6.07 Å². The molecule has 0 aliphatic carbocycles. The number of nitrogens with zero attached hydrogens (tertiary/aromatic N) is 2. The first-order chi connectivity index (χ1) is 12.1. The summed E-state index contributed by atoms with van der Waals surface area (Å²) in [5.74, 6) is 0.293. The summed E-state index contributed by atoms with van der Waals surface area (Å²) in [5, 5.41) is 4.49. The molecule has 0 atom stereocenters. The van der Waals surface area contributed by atoms with Crippen LogP contribution in [-0.2, 0) is 0 Å². The first kappa shape index (κ1) is 15.9. The Balaban J connectivity index is 1.93. The number of pyridine rings is 1. The van der Waals surface area contributed by atoms with E-state index >= 15 is 0 Å². The smallest absolute Gasteiger partial charge is 0.143 e. The fourth-order valence-corrected chi connectivity index (χ4v) is 2.94. The van der Waals surface area contributed by atoms with Gasteiger partial charge in [0.25, 0.3) is 0 Å². The molecule has 6 heteroatoms. The Kier molecular flexibility index (Phi) is 4.07. The summed E-state index contributed by atoms with van der Waals surface area (Å²) in [6.45, 7) is 0. The minimum absolute atomic E-state index is 0.337. The van der Waals surface area contributed by atoms with Gasteiger partial charge in [0, 0.05) is 22.5 Å². The largest absolute Gasteiger partial charge is 0.339 e. The van der Waals surface area contributed by atoms with Gasteiger partial charge in [-0.05, 0) is 48.5 Å². The van der Waals surface area contributed by atoms with Gasteiger partial charge in [0.1, 0.15) is 23.0 Å². The molecule has 4 rings (SSSR count). The maximum atomic E-state index is 14.3. The van der Waals surface area contributed by atoms with Crippen molar-refractivity contribution in [1.82, 2.24) is 9.38 Å². The van der Waals surface area contributed by atoms with Crippen LogP contribution in [0, 0.1) is 5.82 Å². The first-order valence-electron chi connectivity index (χ1n) is 7.57. The normalized spacial score (nSPS) is 11.0. The molecule has 0 saturated heterocycles. The molecule has 2 heterocycles. The molecule has 1 N–H and O–H groups in total. The number of rotatable bonds is 3. The number of fused-ring (bicyclic) bond motifs is 1. The second kappa shape index (κ2) is 6.39. The van der Waals surface area contributed by atoms with Crippen LogP contribution in [0.25, 0.3) is 16.9 Å². The minimum Gasteiger partial charge on any atom is -0.339 e. The fourth-order valence-electron chi connectivity index (χ4n) is 2.65. The Hall–Kier alpha value is -2.56. The van der Waals surface area contributed by atoms with Crippen LogP contribution in [0.4, 0.5) is 15.9 Å². The maximum absolute atomic E-state index is 14.3. The van der Waals surface area contributed by atoms with Gasteiger partial charge in [-0.1, -0.05) is 35.3 Å². The predicted octanol–water partition coefficient (Wildman–Crippen LogP) is 6.19. The molecule has 2 aromatic heterocycles. The van der Waals surface area contributed by atoms with Crippen molar-refractivity contribution in [3.05, 3.63) is 82.7 Å². The summed E-state index contributed by atoms with van der Waals surface area (Å²) in [4.78, 5) is 4.57. The molecular formula is C19H12Cl2FN3. The van der Waals surface area contributed by atoms with E-state index in [4.69, 9.17) is 23.2 Å². The van der Waals surface area contributed by atoms with Gasteiger partial charge in [-0.3, -0.25) is 4.40 Å². The van der Waals surface area contributed by atoms with Gasteiger partial charge in [0.2, 0.25) is 0 Å². The van der Waals surface area contributed by atoms with E-state index in [2.05, 4.69) is 10.3 Å². The summed E-state index contributed by atoms with van der Waals surface area (Å²) in [6.07, 6.45) is 1.74. The fraction of sp³-hybridized carbons (Fsp3) is 0. The topological polar surface area (TPSA) is 29.3 Å². The van der Waals surface area contributed by atoms with E-state index in [-0.39, 0.29) is 5.82 Å². The quantitative estimate of drug-likeness (QED) is 0.465. The lowest BCUT2D eigenvalue weighted by Gasteiger charge is -2.09. The highest BCUT2D eigenvalue weighted by atomic mass is 35.5. The average molecular weight is 372 g/mol. The average Bonchev–Trinajstić information content (AvgIpc) is 2.95. The number of benzene rings is 2. The second-order valence-corrected chi connectivity index (χ2v) is 6.37. The zero-order chi connectivity index (χ0) is 17.4. The summed E-state index contributed by atoms with van der Waals surface area (Å²) in [7, 11) is 0. The molecular weight excluding hydrogens is 360 g/mol. The lowest BCUT2D eigenvalue weighted by Crippen LogP contribution is -1.97. The Morgan fingerprint density at radius 2 is 1.60 bits per heavy atom. The van der Waals surface area contributed by atoms with Gasteiger partial charge in [-0.25, -0.2) is 9.37 Å². The molecule has 0 saturated carbocycles. The number of halogens is 3. The van der Waals surface area contributed by atoms with Crippen molar-refractivity contribution in [1.29, 1.82) is 0 Å². The van der Waals surface area contributed by atoms with Gasteiger partial charge in [-0.15, -0.1) is 0 Å². The van der Waals surface area contributed by atoms with Crippen molar-refractivity contribution in [2.75, 3.05) is 5.32 Å². The Labute approximate surface area is 153 Å². The van der Waals surface area contributed by atoms with Gasteiger partial charge in [0.15, 0.2) is 0 Å². The van der Waals surface area contributed by atoms with Gasteiger partial charge in [-0.2, -0.15) is 0 Å². The van der Waals surface area contributed by atoms with Gasteiger partial charge < -0.3 is 5.32 Å². The van der Waals surface area contributed by atoms with Crippen LogP contribution >= 0.6 is 23.2 Å². The van der Waals surface area contributed by atoms with Crippen molar-refractivity contribution < 1.29 is 4.39 Å². The van der Waals surface area contributed by atoms with Crippen molar-refractivity contribution in [2.45, 2.75) is 0 Å². The van der Waals surface area contributed by atoms with Crippen LogP contribution in [0.5, 0.6) is 0 Å². The van der Waals surface area contributed by atoms with Crippen LogP contribution in [0.15, 0.2) is 66.9 Å². The highest BCUT2D eigenvalue weighted by Gasteiger charge is 2.17. The zero-order valence-corrected chi connectivity index (χ0v) is 14.4. The SMILES string of the molecule is Fc1ccccc1-c1nc2ccc(Cl)cn2c1Nc1ccc(Cl)cc1. The van der Waals surface area contributed by atoms with Crippen molar-refractivity contribution in [3.8, 4) is 11.3 Å². The highest BCUT2D eigenvalue weighted by molar-refractivity contribution is 6.30.